The molecule has 9 heteroatoms. The number of halogens is 1. The van der Waals surface area contributed by atoms with Crippen molar-refractivity contribution in [2.75, 3.05) is 30.5 Å². The minimum Gasteiger partial charge on any atom is -0.465 e. The summed E-state index contributed by atoms with van der Waals surface area (Å²) in [7, 11) is 1.27. The molecule has 1 aliphatic rings. The lowest BCUT2D eigenvalue weighted by atomic mass is 10.1. The van der Waals surface area contributed by atoms with Crippen LogP contribution in [-0.2, 0) is 23.9 Å². The normalized spacial score (nSPS) is 15.6. The van der Waals surface area contributed by atoms with E-state index in [1.165, 1.54) is 60.5 Å². The summed E-state index contributed by atoms with van der Waals surface area (Å²) < 4.78 is 22.7. The van der Waals surface area contributed by atoms with Crippen LogP contribution in [0.2, 0.25) is 0 Å². The van der Waals surface area contributed by atoms with Crippen LogP contribution in [0.4, 0.5) is 15.8 Å². The first kappa shape index (κ1) is 21.0. The van der Waals surface area contributed by atoms with Gasteiger partial charge in [0.15, 0.2) is 6.61 Å². The summed E-state index contributed by atoms with van der Waals surface area (Å²) in [4.78, 5) is 49.2. The van der Waals surface area contributed by atoms with Gasteiger partial charge in [0.05, 0.1) is 18.6 Å². The highest BCUT2D eigenvalue weighted by Crippen LogP contribution is 2.26. The third-order valence-electron chi connectivity index (χ3n) is 4.53. The Hall–Kier alpha value is -3.75. The van der Waals surface area contributed by atoms with E-state index in [-0.39, 0.29) is 18.9 Å². The van der Waals surface area contributed by atoms with Gasteiger partial charge in [-0.1, -0.05) is 0 Å². The fourth-order valence-electron chi connectivity index (χ4n) is 3.00. The quantitative estimate of drug-likeness (QED) is 0.727. The van der Waals surface area contributed by atoms with Gasteiger partial charge >= 0.3 is 11.9 Å². The van der Waals surface area contributed by atoms with Crippen LogP contribution in [0.1, 0.15) is 16.8 Å². The van der Waals surface area contributed by atoms with E-state index in [1.807, 2.05) is 0 Å². The zero-order valence-electron chi connectivity index (χ0n) is 16.1. The summed E-state index contributed by atoms with van der Waals surface area (Å²) in [5.41, 5.74) is 1.24. The summed E-state index contributed by atoms with van der Waals surface area (Å²) in [5.74, 6) is -3.14. The van der Waals surface area contributed by atoms with Crippen LogP contribution in [0.5, 0.6) is 0 Å². The van der Waals surface area contributed by atoms with Gasteiger partial charge in [0, 0.05) is 24.3 Å². The molecular formula is C21H19FN2O6. The van der Waals surface area contributed by atoms with E-state index in [0.29, 0.717) is 16.9 Å². The Morgan fingerprint density at radius 2 is 1.77 bits per heavy atom. The number of anilines is 2. The number of nitrogens with zero attached hydrogens (tertiary/aromatic N) is 1. The maximum absolute atomic E-state index is 13.0. The predicted octanol–water partition coefficient (Wildman–Crippen LogP) is 2.15. The molecule has 8 nitrogen and oxygen atoms in total. The van der Waals surface area contributed by atoms with Gasteiger partial charge < -0.3 is 19.7 Å². The maximum atomic E-state index is 13.0. The number of amides is 2. The molecule has 0 unspecified atom stereocenters. The maximum Gasteiger partial charge on any atom is 0.337 e. The van der Waals surface area contributed by atoms with Crippen molar-refractivity contribution in [2.24, 2.45) is 5.92 Å². The van der Waals surface area contributed by atoms with E-state index in [9.17, 15) is 23.6 Å². The lowest BCUT2D eigenvalue weighted by Crippen LogP contribution is -2.28. The van der Waals surface area contributed by atoms with Crippen molar-refractivity contribution in [1.82, 2.24) is 0 Å². The number of ether oxygens (including phenoxy) is 2. The van der Waals surface area contributed by atoms with E-state index >= 15 is 0 Å². The number of nitrogens with one attached hydrogen (secondary N) is 1. The van der Waals surface area contributed by atoms with Crippen molar-refractivity contribution >= 4 is 35.1 Å². The highest BCUT2D eigenvalue weighted by molar-refractivity contribution is 6.00. The van der Waals surface area contributed by atoms with Gasteiger partial charge in [-0.05, 0) is 48.5 Å². The molecule has 2 aromatic rings. The van der Waals surface area contributed by atoms with Crippen LogP contribution in [-0.4, -0.2) is 44.0 Å². The molecule has 1 saturated heterocycles. The van der Waals surface area contributed by atoms with Gasteiger partial charge in [-0.25, -0.2) is 9.18 Å². The van der Waals surface area contributed by atoms with Crippen molar-refractivity contribution in [3.63, 3.8) is 0 Å². The molecule has 0 bridgehead atoms. The largest absolute Gasteiger partial charge is 0.465 e. The molecule has 0 saturated carbocycles. The number of benzene rings is 2. The van der Waals surface area contributed by atoms with Crippen LogP contribution >= 0.6 is 0 Å². The number of rotatable bonds is 6. The number of carbonyl (C=O) groups is 4. The third-order valence-corrected chi connectivity index (χ3v) is 4.53. The monoisotopic (exact) mass is 414 g/mol. The summed E-state index contributed by atoms with van der Waals surface area (Å²) in [5, 5.41) is 2.54. The van der Waals surface area contributed by atoms with E-state index in [0.717, 1.165) is 0 Å². The molecule has 3 rings (SSSR count). The topological polar surface area (TPSA) is 102 Å². The number of hydrogen-bond acceptors (Lipinski definition) is 6. The molecular weight excluding hydrogens is 395 g/mol. The molecule has 2 aromatic carbocycles. The molecule has 156 valence electrons. The Morgan fingerprint density at radius 1 is 1.10 bits per heavy atom. The molecule has 0 aromatic heterocycles. The van der Waals surface area contributed by atoms with Crippen molar-refractivity contribution in [3.8, 4) is 0 Å². The summed E-state index contributed by atoms with van der Waals surface area (Å²) in [6.07, 6.45) is -0.0488. The Morgan fingerprint density at radius 3 is 2.40 bits per heavy atom. The standard InChI is InChI=1S/C21H19FN2O6/c1-29-20(27)13-2-6-16(7-3-13)23-18(25)12-30-21(28)14-10-19(26)24(11-14)17-8-4-15(22)5-9-17/h2-9,14H,10-12H2,1H3,(H,23,25)/t14-/m0/s1. The second-order valence-corrected chi connectivity index (χ2v) is 6.61. The van der Waals surface area contributed by atoms with E-state index < -0.39 is 36.2 Å². The fourth-order valence-corrected chi connectivity index (χ4v) is 3.00. The molecule has 1 aliphatic heterocycles. The van der Waals surface area contributed by atoms with E-state index in [2.05, 4.69) is 10.1 Å². The van der Waals surface area contributed by atoms with Gasteiger partial charge in [-0.15, -0.1) is 0 Å². The third kappa shape index (κ3) is 4.99. The van der Waals surface area contributed by atoms with Crippen LogP contribution < -0.4 is 10.2 Å². The number of hydrogen-bond donors (Lipinski definition) is 1. The Kier molecular flexibility index (Phi) is 6.41. The Balaban J connectivity index is 1.49. The molecule has 1 heterocycles. The average Bonchev–Trinajstić information content (AvgIpc) is 3.14. The van der Waals surface area contributed by atoms with Crippen molar-refractivity contribution in [1.29, 1.82) is 0 Å². The summed E-state index contributed by atoms with van der Waals surface area (Å²) >= 11 is 0. The Labute approximate surface area is 171 Å². The fraction of sp³-hybridized carbons (Fsp3) is 0.238. The molecule has 0 spiro atoms. The first-order chi connectivity index (χ1) is 14.4. The molecule has 0 aliphatic carbocycles. The zero-order chi connectivity index (χ0) is 21.7. The molecule has 2 amide bonds. The molecule has 1 fully saturated rings. The smallest absolute Gasteiger partial charge is 0.337 e. The molecule has 0 radical (unpaired) electrons. The summed E-state index contributed by atoms with van der Waals surface area (Å²) in [6, 6.07) is 11.4. The van der Waals surface area contributed by atoms with E-state index in [4.69, 9.17) is 4.74 Å². The van der Waals surface area contributed by atoms with Crippen LogP contribution in [0, 0.1) is 11.7 Å². The molecule has 1 N–H and O–H groups in total. The predicted molar refractivity (Wildman–Crippen MR) is 104 cm³/mol. The van der Waals surface area contributed by atoms with Crippen LogP contribution in [0.15, 0.2) is 48.5 Å². The lowest BCUT2D eigenvalue weighted by Gasteiger charge is -2.16. The van der Waals surface area contributed by atoms with Gasteiger partial charge in [0.2, 0.25) is 5.91 Å². The molecule has 30 heavy (non-hydrogen) atoms. The van der Waals surface area contributed by atoms with Crippen molar-refractivity contribution in [2.45, 2.75) is 6.42 Å². The van der Waals surface area contributed by atoms with E-state index in [1.54, 1.807) is 0 Å². The number of esters is 2. The first-order valence-corrected chi connectivity index (χ1v) is 9.08. The highest BCUT2D eigenvalue weighted by Gasteiger charge is 2.36. The average molecular weight is 414 g/mol. The minimum atomic E-state index is -0.713. The van der Waals surface area contributed by atoms with Gasteiger partial charge in [0.1, 0.15) is 5.82 Å². The summed E-state index contributed by atoms with van der Waals surface area (Å²) in [6.45, 7) is -0.418. The van der Waals surface area contributed by atoms with Gasteiger partial charge in [-0.3, -0.25) is 14.4 Å². The second kappa shape index (κ2) is 9.17. The number of carbonyl (C=O) groups excluding carboxylic acids is 4. The van der Waals surface area contributed by atoms with Crippen LogP contribution in [0.25, 0.3) is 0 Å². The van der Waals surface area contributed by atoms with Crippen molar-refractivity contribution < 1.29 is 33.0 Å². The molecule has 1 atom stereocenters. The van der Waals surface area contributed by atoms with Gasteiger partial charge in [-0.2, -0.15) is 0 Å². The second-order valence-electron chi connectivity index (χ2n) is 6.61. The van der Waals surface area contributed by atoms with Crippen LogP contribution in [0.3, 0.4) is 0 Å². The van der Waals surface area contributed by atoms with Gasteiger partial charge in [0.25, 0.3) is 5.91 Å². The zero-order valence-corrected chi connectivity index (χ0v) is 16.1. The highest BCUT2D eigenvalue weighted by atomic mass is 19.1. The SMILES string of the molecule is COC(=O)c1ccc(NC(=O)COC(=O)[C@H]2CC(=O)N(c3ccc(F)cc3)C2)cc1. The first-order valence-electron chi connectivity index (χ1n) is 9.08. The lowest BCUT2D eigenvalue weighted by molar-refractivity contribution is -0.151. The Bertz CT molecular complexity index is 958. The number of methoxy groups -OCH3 is 1. The van der Waals surface area contributed by atoms with Crippen molar-refractivity contribution in [3.05, 3.63) is 59.9 Å². The minimum absolute atomic E-state index is 0.0488.